The van der Waals surface area contributed by atoms with Gasteiger partial charge in [0.05, 0.1) is 0 Å². The molecular weight excluding hydrogens is 342 g/mol. The van der Waals surface area contributed by atoms with Crippen LogP contribution in [0.25, 0.3) is 0 Å². The minimum atomic E-state index is -4.28. The molecule has 9 heteroatoms. The standard InChI is InChI=1S/C15H14F2N2O4S/c1-9(10-2-4-11(5-3-10)15(20)18-21)19-24(22,23)14-8-12(16)6-7-13(14)17/h2-9,19,21H,1H3,(H,18,20). The van der Waals surface area contributed by atoms with Gasteiger partial charge in [-0.1, -0.05) is 12.1 Å². The summed E-state index contributed by atoms with van der Waals surface area (Å²) in [5.74, 6) is -2.65. The number of carbonyl (C=O) groups excluding carboxylic acids is 1. The second kappa shape index (κ2) is 7.04. The minimum Gasteiger partial charge on any atom is -0.288 e. The fourth-order valence-corrected chi connectivity index (χ4v) is 3.36. The Morgan fingerprint density at radius 1 is 1.12 bits per heavy atom. The maximum atomic E-state index is 13.6. The molecule has 6 nitrogen and oxygen atoms in total. The molecule has 2 aromatic rings. The van der Waals surface area contributed by atoms with Crippen LogP contribution in [-0.2, 0) is 10.0 Å². The fourth-order valence-electron chi connectivity index (χ4n) is 2.04. The van der Waals surface area contributed by atoms with Gasteiger partial charge in [0.25, 0.3) is 5.91 Å². The van der Waals surface area contributed by atoms with Crippen molar-refractivity contribution in [1.82, 2.24) is 10.2 Å². The van der Waals surface area contributed by atoms with Gasteiger partial charge < -0.3 is 0 Å². The van der Waals surface area contributed by atoms with Gasteiger partial charge in [-0.05, 0) is 42.8 Å². The Kier molecular flexibility index (Phi) is 5.27. The summed E-state index contributed by atoms with van der Waals surface area (Å²) in [6.45, 7) is 1.51. The van der Waals surface area contributed by atoms with E-state index in [-0.39, 0.29) is 5.56 Å². The molecule has 1 unspecified atom stereocenters. The van der Waals surface area contributed by atoms with Gasteiger partial charge in [-0.3, -0.25) is 10.0 Å². The van der Waals surface area contributed by atoms with Crippen LogP contribution in [0.2, 0.25) is 0 Å². The minimum absolute atomic E-state index is 0.174. The first-order valence-corrected chi connectivity index (χ1v) is 8.24. The Hall–Kier alpha value is -2.36. The van der Waals surface area contributed by atoms with Crippen molar-refractivity contribution >= 4 is 15.9 Å². The van der Waals surface area contributed by atoms with E-state index < -0.39 is 38.5 Å². The Morgan fingerprint density at radius 3 is 2.33 bits per heavy atom. The highest BCUT2D eigenvalue weighted by Crippen LogP contribution is 2.20. The van der Waals surface area contributed by atoms with Crippen LogP contribution >= 0.6 is 0 Å². The van der Waals surface area contributed by atoms with E-state index in [4.69, 9.17) is 5.21 Å². The lowest BCUT2D eigenvalue weighted by Crippen LogP contribution is -2.28. The second-order valence-electron chi connectivity index (χ2n) is 4.98. The number of nitrogens with one attached hydrogen (secondary N) is 2. The van der Waals surface area contributed by atoms with Crippen LogP contribution < -0.4 is 10.2 Å². The Bertz CT molecular complexity index is 854. The van der Waals surface area contributed by atoms with Crippen molar-refractivity contribution in [3.63, 3.8) is 0 Å². The van der Waals surface area contributed by atoms with Gasteiger partial charge in [0.2, 0.25) is 10.0 Å². The number of sulfonamides is 1. The highest BCUT2D eigenvalue weighted by Gasteiger charge is 2.23. The molecule has 0 spiro atoms. The number of hydrogen-bond acceptors (Lipinski definition) is 4. The number of amides is 1. The van der Waals surface area contributed by atoms with Gasteiger partial charge in [0.1, 0.15) is 16.5 Å². The molecule has 0 radical (unpaired) electrons. The van der Waals surface area contributed by atoms with Crippen molar-refractivity contribution in [3.8, 4) is 0 Å². The maximum absolute atomic E-state index is 13.6. The molecule has 0 aliphatic carbocycles. The quantitative estimate of drug-likeness (QED) is 0.565. The van der Waals surface area contributed by atoms with E-state index in [0.29, 0.717) is 11.6 Å². The topological polar surface area (TPSA) is 95.5 Å². The van der Waals surface area contributed by atoms with Crippen molar-refractivity contribution in [2.45, 2.75) is 17.9 Å². The maximum Gasteiger partial charge on any atom is 0.274 e. The van der Waals surface area contributed by atoms with Crippen LogP contribution in [0, 0.1) is 11.6 Å². The van der Waals surface area contributed by atoms with Crippen LogP contribution in [0.1, 0.15) is 28.9 Å². The van der Waals surface area contributed by atoms with Gasteiger partial charge >= 0.3 is 0 Å². The first kappa shape index (κ1) is 18.0. The van der Waals surface area contributed by atoms with E-state index in [1.165, 1.54) is 36.7 Å². The molecule has 0 aromatic heterocycles. The molecule has 24 heavy (non-hydrogen) atoms. The number of benzene rings is 2. The van der Waals surface area contributed by atoms with E-state index >= 15 is 0 Å². The summed E-state index contributed by atoms with van der Waals surface area (Å²) in [7, 11) is -4.28. The summed E-state index contributed by atoms with van der Waals surface area (Å²) in [5, 5.41) is 8.54. The van der Waals surface area contributed by atoms with Gasteiger partial charge in [-0.25, -0.2) is 27.4 Å². The molecule has 2 rings (SSSR count). The largest absolute Gasteiger partial charge is 0.288 e. The molecule has 3 N–H and O–H groups in total. The number of hydroxylamine groups is 1. The third-order valence-electron chi connectivity index (χ3n) is 3.29. The molecule has 0 saturated heterocycles. The second-order valence-corrected chi connectivity index (χ2v) is 6.66. The van der Waals surface area contributed by atoms with Crippen molar-refractivity contribution in [1.29, 1.82) is 0 Å². The van der Waals surface area contributed by atoms with Crippen LogP contribution in [0.15, 0.2) is 47.4 Å². The Balaban J connectivity index is 2.23. The highest BCUT2D eigenvalue weighted by atomic mass is 32.2. The lowest BCUT2D eigenvalue weighted by atomic mass is 10.1. The fraction of sp³-hybridized carbons (Fsp3) is 0.133. The molecule has 0 aliphatic heterocycles. The zero-order chi connectivity index (χ0) is 17.9. The van der Waals surface area contributed by atoms with Crippen molar-refractivity contribution in [2.24, 2.45) is 0 Å². The molecule has 1 amide bonds. The van der Waals surface area contributed by atoms with E-state index in [2.05, 4.69) is 4.72 Å². The normalized spacial score (nSPS) is 12.7. The number of hydrogen-bond donors (Lipinski definition) is 3. The average molecular weight is 356 g/mol. The van der Waals surface area contributed by atoms with E-state index in [9.17, 15) is 22.0 Å². The molecule has 2 aromatic carbocycles. The van der Waals surface area contributed by atoms with Crippen molar-refractivity contribution in [2.75, 3.05) is 0 Å². The summed E-state index contributed by atoms with van der Waals surface area (Å²) in [6.07, 6.45) is 0. The van der Waals surface area contributed by atoms with Crippen LogP contribution in [0.5, 0.6) is 0 Å². The summed E-state index contributed by atoms with van der Waals surface area (Å²) in [4.78, 5) is 10.4. The summed E-state index contributed by atoms with van der Waals surface area (Å²) in [5.41, 5.74) is 2.14. The molecule has 1 atom stereocenters. The Labute approximate surface area is 137 Å². The first-order chi connectivity index (χ1) is 11.2. The molecule has 128 valence electrons. The molecule has 0 fully saturated rings. The molecule has 0 saturated carbocycles. The predicted octanol–water partition coefficient (Wildman–Crippen LogP) is 2.12. The van der Waals surface area contributed by atoms with Crippen LogP contribution in [0.3, 0.4) is 0 Å². The monoisotopic (exact) mass is 356 g/mol. The highest BCUT2D eigenvalue weighted by molar-refractivity contribution is 7.89. The zero-order valence-electron chi connectivity index (χ0n) is 12.5. The van der Waals surface area contributed by atoms with E-state index in [1.54, 1.807) is 0 Å². The number of carbonyl (C=O) groups is 1. The molecular formula is C15H14F2N2O4S. The first-order valence-electron chi connectivity index (χ1n) is 6.76. The van der Waals surface area contributed by atoms with E-state index in [1.807, 2.05) is 0 Å². The van der Waals surface area contributed by atoms with Gasteiger partial charge in [-0.2, -0.15) is 0 Å². The number of rotatable bonds is 5. The lowest BCUT2D eigenvalue weighted by molar-refractivity contribution is 0.0706. The van der Waals surface area contributed by atoms with Crippen molar-refractivity contribution in [3.05, 3.63) is 65.2 Å². The molecule has 0 aliphatic rings. The summed E-state index contributed by atoms with van der Waals surface area (Å²) < 4.78 is 53.4. The third-order valence-corrected chi connectivity index (χ3v) is 4.84. The summed E-state index contributed by atoms with van der Waals surface area (Å²) in [6, 6.07) is 7.10. The van der Waals surface area contributed by atoms with Gasteiger partial charge in [0, 0.05) is 11.6 Å². The zero-order valence-corrected chi connectivity index (χ0v) is 13.3. The van der Waals surface area contributed by atoms with Gasteiger partial charge in [-0.15, -0.1) is 0 Å². The van der Waals surface area contributed by atoms with Crippen LogP contribution in [-0.4, -0.2) is 19.5 Å². The molecule has 0 heterocycles. The smallest absolute Gasteiger partial charge is 0.274 e. The third kappa shape index (κ3) is 3.94. The molecule has 0 bridgehead atoms. The SMILES string of the molecule is CC(NS(=O)(=O)c1cc(F)ccc1F)c1ccc(C(=O)NO)cc1. The Morgan fingerprint density at radius 2 is 1.75 bits per heavy atom. The average Bonchev–Trinajstić information content (AvgIpc) is 2.56. The van der Waals surface area contributed by atoms with Crippen LogP contribution in [0.4, 0.5) is 8.78 Å². The van der Waals surface area contributed by atoms with E-state index in [0.717, 1.165) is 12.1 Å². The van der Waals surface area contributed by atoms with Crippen molar-refractivity contribution < 1.29 is 27.2 Å². The summed E-state index contributed by atoms with van der Waals surface area (Å²) >= 11 is 0. The predicted molar refractivity (Wildman–Crippen MR) is 80.8 cm³/mol. The lowest BCUT2D eigenvalue weighted by Gasteiger charge is -2.15. The van der Waals surface area contributed by atoms with Gasteiger partial charge in [0.15, 0.2) is 0 Å². The number of halogens is 2.